The summed E-state index contributed by atoms with van der Waals surface area (Å²) in [5, 5.41) is 0.931. The van der Waals surface area contributed by atoms with Gasteiger partial charge < -0.3 is 9.80 Å². The van der Waals surface area contributed by atoms with Gasteiger partial charge in [-0.15, -0.1) is 0 Å². The topological polar surface area (TPSA) is 40.6 Å². The van der Waals surface area contributed by atoms with E-state index in [9.17, 15) is 9.59 Å². The quantitative estimate of drug-likeness (QED) is 0.572. The van der Waals surface area contributed by atoms with Crippen molar-refractivity contribution in [1.29, 1.82) is 0 Å². The molecule has 1 saturated heterocycles. The summed E-state index contributed by atoms with van der Waals surface area (Å²) in [6.45, 7) is 0.734. The molecule has 1 aliphatic rings. The Hall–Kier alpha value is -0.580. The summed E-state index contributed by atoms with van der Waals surface area (Å²) in [6.07, 6.45) is 4.20. The maximum atomic E-state index is 12.0. The number of carbonyl (C=O) groups is 2. The van der Waals surface area contributed by atoms with E-state index in [1.54, 1.807) is 23.9 Å². The first kappa shape index (κ1) is 14.5. The maximum Gasteiger partial charge on any atom is 0.244 e. The van der Waals surface area contributed by atoms with E-state index in [4.69, 9.17) is 0 Å². The highest BCUT2D eigenvalue weighted by molar-refractivity contribution is 9.09. The molecule has 5 heteroatoms. The fourth-order valence-corrected chi connectivity index (χ4v) is 2.53. The largest absolute Gasteiger partial charge is 0.347 e. The van der Waals surface area contributed by atoms with Crippen LogP contribution in [0.3, 0.4) is 0 Å². The lowest BCUT2D eigenvalue weighted by atomic mass is 10.2. The number of hydrogen-bond donors (Lipinski definition) is 0. The molecule has 4 nitrogen and oxygen atoms in total. The molecule has 0 aromatic heterocycles. The van der Waals surface area contributed by atoms with Crippen LogP contribution in [0.2, 0.25) is 0 Å². The zero-order valence-electron chi connectivity index (χ0n) is 10.6. The van der Waals surface area contributed by atoms with Gasteiger partial charge >= 0.3 is 0 Å². The highest BCUT2D eigenvalue weighted by Gasteiger charge is 2.34. The Morgan fingerprint density at radius 3 is 2.65 bits per heavy atom. The summed E-state index contributed by atoms with van der Waals surface area (Å²) in [6, 6.07) is -0.221. The average molecular weight is 305 g/mol. The number of carbonyl (C=O) groups excluding carboxylic acids is 2. The minimum Gasteiger partial charge on any atom is -0.347 e. The molecule has 17 heavy (non-hydrogen) atoms. The predicted octanol–water partition coefficient (Wildman–Crippen LogP) is 1.63. The van der Waals surface area contributed by atoms with E-state index in [-0.39, 0.29) is 17.9 Å². The first-order valence-corrected chi connectivity index (χ1v) is 7.26. The number of nitrogens with zero attached hydrogens (tertiary/aromatic N) is 2. The molecule has 1 unspecified atom stereocenters. The molecule has 1 atom stereocenters. The van der Waals surface area contributed by atoms with Gasteiger partial charge in [0.2, 0.25) is 11.8 Å². The van der Waals surface area contributed by atoms with Crippen LogP contribution < -0.4 is 0 Å². The van der Waals surface area contributed by atoms with Gasteiger partial charge in [-0.2, -0.15) is 0 Å². The van der Waals surface area contributed by atoms with Crippen LogP contribution >= 0.6 is 15.9 Å². The van der Waals surface area contributed by atoms with Gasteiger partial charge in [0.15, 0.2) is 0 Å². The second kappa shape index (κ2) is 6.99. The summed E-state index contributed by atoms with van der Waals surface area (Å²) in [5.41, 5.74) is 0. The smallest absolute Gasteiger partial charge is 0.244 e. The van der Waals surface area contributed by atoms with Gasteiger partial charge in [0, 0.05) is 32.4 Å². The van der Waals surface area contributed by atoms with Crippen molar-refractivity contribution in [2.45, 2.75) is 38.1 Å². The lowest BCUT2D eigenvalue weighted by molar-refractivity contribution is -0.142. The third-order valence-corrected chi connectivity index (χ3v) is 3.63. The van der Waals surface area contributed by atoms with Gasteiger partial charge in [0.25, 0.3) is 0 Å². The van der Waals surface area contributed by atoms with Crippen LogP contribution in [0.1, 0.15) is 32.1 Å². The molecule has 0 aliphatic carbocycles. The molecule has 0 saturated carbocycles. The highest BCUT2D eigenvalue weighted by Crippen LogP contribution is 2.20. The van der Waals surface area contributed by atoms with E-state index in [1.165, 1.54) is 0 Å². The van der Waals surface area contributed by atoms with E-state index in [0.717, 1.165) is 37.6 Å². The van der Waals surface area contributed by atoms with Crippen molar-refractivity contribution in [3.05, 3.63) is 0 Å². The zero-order valence-corrected chi connectivity index (χ0v) is 12.2. The van der Waals surface area contributed by atoms with Crippen molar-refractivity contribution >= 4 is 27.7 Å². The second-order valence-corrected chi connectivity index (χ2v) is 5.42. The van der Waals surface area contributed by atoms with E-state index in [2.05, 4.69) is 15.9 Å². The molecule has 0 spiro atoms. The standard InChI is InChI=1S/C12H21BrN2O2/c1-14(2)12(17)10-6-5-9-15(10)11(16)7-3-4-8-13/h10H,3-9H2,1-2H3. The van der Waals surface area contributed by atoms with Crippen molar-refractivity contribution in [3.8, 4) is 0 Å². The number of halogens is 1. The normalized spacial score (nSPS) is 19.5. The monoisotopic (exact) mass is 304 g/mol. The first-order chi connectivity index (χ1) is 8.07. The molecular weight excluding hydrogens is 284 g/mol. The zero-order chi connectivity index (χ0) is 12.8. The van der Waals surface area contributed by atoms with Crippen LogP contribution in [0.15, 0.2) is 0 Å². The first-order valence-electron chi connectivity index (χ1n) is 6.14. The molecule has 0 aromatic carbocycles. The summed E-state index contributed by atoms with van der Waals surface area (Å²) in [4.78, 5) is 27.3. The minimum absolute atomic E-state index is 0.0522. The van der Waals surface area contributed by atoms with Crippen LogP contribution in [0.5, 0.6) is 0 Å². The Labute approximate surface area is 111 Å². The third-order valence-electron chi connectivity index (χ3n) is 3.07. The molecule has 0 N–H and O–H groups in total. The summed E-state index contributed by atoms with van der Waals surface area (Å²) in [7, 11) is 3.49. The van der Waals surface area contributed by atoms with E-state index < -0.39 is 0 Å². The molecule has 2 amide bonds. The van der Waals surface area contributed by atoms with E-state index >= 15 is 0 Å². The average Bonchev–Trinajstić information content (AvgIpc) is 2.76. The number of likely N-dealkylation sites (tertiary alicyclic amines) is 1. The summed E-state index contributed by atoms with van der Waals surface area (Å²) in [5.74, 6) is 0.181. The molecular formula is C12H21BrN2O2. The molecule has 0 aromatic rings. The Morgan fingerprint density at radius 1 is 1.35 bits per heavy atom. The molecule has 1 heterocycles. The van der Waals surface area contributed by atoms with Gasteiger partial charge in [0.05, 0.1) is 0 Å². The van der Waals surface area contributed by atoms with Crippen molar-refractivity contribution < 1.29 is 9.59 Å². The van der Waals surface area contributed by atoms with Crippen molar-refractivity contribution in [1.82, 2.24) is 9.80 Å². The van der Waals surface area contributed by atoms with Gasteiger partial charge in [-0.05, 0) is 25.7 Å². The summed E-state index contributed by atoms with van der Waals surface area (Å²) < 4.78 is 0. The lowest BCUT2D eigenvalue weighted by Gasteiger charge is -2.26. The number of alkyl halides is 1. The number of unbranched alkanes of at least 4 members (excludes halogenated alkanes) is 1. The molecule has 1 aliphatic heterocycles. The molecule has 98 valence electrons. The number of likely N-dealkylation sites (N-methyl/N-ethyl adjacent to an activating group) is 1. The molecule has 1 rings (SSSR count). The van der Waals surface area contributed by atoms with Crippen LogP contribution in [0.4, 0.5) is 0 Å². The predicted molar refractivity (Wildman–Crippen MR) is 71.1 cm³/mol. The van der Waals surface area contributed by atoms with Crippen LogP contribution in [-0.2, 0) is 9.59 Å². The fourth-order valence-electron chi connectivity index (χ4n) is 2.13. The fraction of sp³-hybridized carbons (Fsp3) is 0.833. The number of hydrogen-bond acceptors (Lipinski definition) is 2. The number of rotatable bonds is 5. The van der Waals surface area contributed by atoms with E-state index in [1.807, 2.05) is 0 Å². The van der Waals surface area contributed by atoms with Crippen molar-refractivity contribution in [2.24, 2.45) is 0 Å². The second-order valence-electron chi connectivity index (χ2n) is 4.62. The highest BCUT2D eigenvalue weighted by atomic mass is 79.9. The van der Waals surface area contributed by atoms with Crippen LogP contribution in [0, 0.1) is 0 Å². The van der Waals surface area contributed by atoms with Crippen LogP contribution in [0.25, 0.3) is 0 Å². The van der Waals surface area contributed by atoms with Crippen molar-refractivity contribution in [3.63, 3.8) is 0 Å². The molecule has 0 bridgehead atoms. The van der Waals surface area contributed by atoms with Gasteiger partial charge in [-0.3, -0.25) is 9.59 Å². The van der Waals surface area contributed by atoms with Gasteiger partial charge in [0.1, 0.15) is 6.04 Å². The lowest BCUT2D eigenvalue weighted by Crippen LogP contribution is -2.45. The Bertz CT molecular complexity index is 282. The Kier molecular flexibility index (Phi) is 5.95. The maximum absolute atomic E-state index is 12.0. The summed E-state index contributed by atoms with van der Waals surface area (Å²) >= 11 is 3.35. The van der Waals surface area contributed by atoms with Crippen molar-refractivity contribution in [2.75, 3.05) is 26.0 Å². The van der Waals surface area contributed by atoms with Gasteiger partial charge in [-0.25, -0.2) is 0 Å². The van der Waals surface area contributed by atoms with Crippen LogP contribution in [-0.4, -0.2) is 53.6 Å². The number of amides is 2. The Morgan fingerprint density at radius 2 is 2.06 bits per heavy atom. The third kappa shape index (κ3) is 3.98. The minimum atomic E-state index is -0.221. The molecule has 0 radical (unpaired) electrons. The SMILES string of the molecule is CN(C)C(=O)C1CCCN1C(=O)CCCCBr. The Balaban J connectivity index is 2.51. The molecule has 1 fully saturated rings. The van der Waals surface area contributed by atoms with Gasteiger partial charge in [-0.1, -0.05) is 15.9 Å². The van der Waals surface area contributed by atoms with E-state index in [0.29, 0.717) is 6.42 Å².